The summed E-state index contributed by atoms with van der Waals surface area (Å²) in [5, 5.41) is 21.1. The van der Waals surface area contributed by atoms with Crippen molar-refractivity contribution in [2.45, 2.75) is 0 Å². The molecule has 9 heteroatoms. The molecule has 0 spiro atoms. The number of non-ortho nitro benzene ring substituents is 2. The number of nitro groups is 2. The van der Waals surface area contributed by atoms with Gasteiger partial charge < -0.3 is 4.74 Å². The highest BCUT2D eigenvalue weighted by molar-refractivity contribution is 5.99. The van der Waals surface area contributed by atoms with Crippen LogP contribution in [0.5, 0.6) is 0 Å². The van der Waals surface area contributed by atoms with Crippen molar-refractivity contribution in [3.8, 4) is 0 Å². The van der Waals surface area contributed by atoms with E-state index in [9.17, 15) is 29.8 Å². The number of nitro benzene ring substituents is 2. The van der Waals surface area contributed by atoms with Crippen molar-refractivity contribution in [3.05, 3.63) is 79.9 Å². The SMILES string of the molecule is O=C(COCC(=O)c1ccc([N+](=O)[O-])cc1)c1ccc([N+](=O)[O-])cc1. The van der Waals surface area contributed by atoms with E-state index in [1.165, 1.54) is 48.5 Å². The monoisotopic (exact) mass is 344 g/mol. The Morgan fingerprint density at radius 2 is 1.04 bits per heavy atom. The van der Waals surface area contributed by atoms with Crippen LogP contribution in [-0.4, -0.2) is 34.6 Å². The third-order valence-electron chi connectivity index (χ3n) is 3.27. The number of hydrogen-bond acceptors (Lipinski definition) is 7. The smallest absolute Gasteiger partial charge is 0.269 e. The van der Waals surface area contributed by atoms with Gasteiger partial charge in [-0.3, -0.25) is 29.8 Å². The lowest BCUT2D eigenvalue weighted by atomic mass is 10.1. The number of ketones is 2. The molecular weight excluding hydrogens is 332 g/mol. The molecule has 0 N–H and O–H groups in total. The molecule has 0 aliphatic carbocycles. The first kappa shape index (κ1) is 17.9. The molecule has 0 fully saturated rings. The maximum Gasteiger partial charge on any atom is 0.269 e. The summed E-state index contributed by atoms with van der Waals surface area (Å²) in [5.74, 6) is -0.849. The van der Waals surface area contributed by atoms with Crippen LogP contribution in [0.2, 0.25) is 0 Å². The second-order valence-electron chi connectivity index (χ2n) is 4.95. The van der Waals surface area contributed by atoms with Crippen LogP contribution in [0.4, 0.5) is 11.4 Å². The van der Waals surface area contributed by atoms with Crippen LogP contribution in [0, 0.1) is 20.2 Å². The lowest BCUT2D eigenvalue weighted by Gasteiger charge is -2.04. The van der Waals surface area contributed by atoms with Gasteiger partial charge >= 0.3 is 0 Å². The summed E-state index contributed by atoms with van der Waals surface area (Å²) in [7, 11) is 0. The van der Waals surface area contributed by atoms with E-state index in [-0.39, 0.29) is 35.7 Å². The highest BCUT2D eigenvalue weighted by atomic mass is 16.6. The van der Waals surface area contributed by atoms with Gasteiger partial charge in [0.25, 0.3) is 11.4 Å². The number of nitrogens with zero attached hydrogens (tertiary/aromatic N) is 2. The maximum atomic E-state index is 11.9. The van der Waals surface area contributed by atoms with Gasteiger partial charge in [0.2, 0.25) is 0 Å². The molecular formula is C16H12N2O7. The first-order valence-corrected chi connectivity index (χ1v) is 7.01. The highest BCUT2D eigenvalue weighted by Gasteiger charge is 2.13. The normalized spacial score (nSPS) is 10.2. The fourth-order valence-corrected chi connectivity index (χ4v) is 1.94. The first-order valence-electron chi connectivity index (χ1n) is 7.01. The summed E-state index contributed by atoms with van der Waals surface area (Å²) in [5.41, 5.74) is 0.193. The van der Waals surface area contributed by atoms with E-state index in [2.05, 4.69) is 0 Å². The van der Waals surface area contributed by atoms with Gasteiger partial charge in [0.05, 0.1) is 9.85 Å². The molecule has 0 bridgehead atoms. The molecule has 0 aliphatic heterocycles. The number of benzene rings is 2. The van der Waals surface area contributed by atoms with Gasteiger partial charge in [0.1, 0.15) is 13.2 Å². The molecule has 0 saturated carbocycles. The number of rotatable bonds is 8. The summed E-state index contributed by atoms with van der Waals surface area (Å²) in [6.07, 6.45) is 0. The van der Waals surface area contributed by atoms with Gasteiger partial charge in [-0.05, 0) is 24.3 Å². The minimum absolute atomic E-state index is 0.134. The second kappa shape index (κ2) is 7.88. The molecule has 25 heavy (non-hydrogen) atoms. The topological polar surface area (TPSA) is 130 Å². The Kier molecular flexibility index (Phi) is 5.64. The van der Waals surface area contributed by atoms with E-state index >= 15 is 0 Å². The molecule has 128 valence electrons. The van der Waals surface area contributed by atoms with Crippen LogP contribution < -0.4 is 0 Å². The molecule has 2 aromatic rings. The standard InChI is InChI=1S/C16H12N2O7/c19-15(11-1-5-13(6-2-11)17(21)22)9-25-10-16(20)12-3-7-14(8-4-12)18(23)24/h1-8H,9-10H2. The Morgan fingerprint density at radius 3 is 1.32 bits per heavy atom. The quantitative estimate of drug-likeness (QED) is 0.408. The van der Waals surface area contributed by atoms with Crippen LogP contribution in [0.1, 0.15) is 20.7 Å². The Balaban J connectivity index is 1.86. The molecule has 0 amide bonds. The van der Waals surface area contributed by atoms with Crippen molar-refractivity contribution in [2.75, 3.05) is 13.2 Å². The van der Waals surface area contributed by atoms with Crippen molar-refractivity contribution in [1.29, 1.82) is 0 Å². The van der Waals surface area contributed by atoms with Gasteiger partial charge in [-0.1, -0.05) is 0 Å². The Bertz CT molecular complexity index is 744. The molecule has 2 rings (SSSR count). The fraction of sp³-hybridized carbons (Fsp3) is 0.125. The number of carbonyl (C=O) groups excluding carboxylic acids is 2. The molecule has 0 unspecified atom stereocenters. The minimum Gasteiger partial charge on any atom is -0.365 e. The molecule has 0 atom stereocenters. The van der Waals surface area contributed by atoms with E-state index in [4.69, 9.17) is 4.74 Å². The first-order chi connectivity index (χ1) is 11.9. The fourth-order valence-electron chi connectivity index (χ4n) is 1.94. The summed E-state index contributed by atoms with van der Waals surface area (Å²) in [4.78, 5) is 43.7. The largest absolute Gasteiger partial charge is 0.365 e. The zero-order chi connectivity index (χ0) is 18.4. The molecule has 0 heterocycles. The third-order valence-corrected chi connectivity index (χ3v) is 3.27. The number of hydrogen-bond donors (Lipinski definition) is 0. The van der Waals surface area contributed by atoms with Crippen LogP contribution >= 0.6 is 0 Å². The lowest BCUT2D eigenvalue weighted by Crippen LogP contribution is -2.15. The van der Waals surface area contributed by atoms with E-state index < -0.39 is 21.4 Å². The number of ether oxygens (including phenoxy) is 1. The average molecular weight is 344 g/mol. The van der Waals surface area contributed by atoms with E-state index in [0.29, 0.717) is 0 Å². The van der Waals surface area contributed by atoms with Crippen LogP contribution in [0.25, 0.3) is 0 Å². The maximum absolute atomic E-state index is 11.9. The predicted octanol–water partition coefficient (Wildman–Crippen LogP) is 2.59. The van der Waals surface area contributed by atoms with Crippen LogP contribution in [0.15, 0.2) is 48.5 Å². The van der Waals surface area contributed by atoms with E-state index in [0.717, 1.165) is 0 Å². The summed E-state index contributed by atoms with van der Waals surface area (Å²) >= 11 is 0. The third kappa shape index (κ3) is 4.75. The van der Waals surface area contributed by atoms with E-state index in [1.807, 2.05) is 0 Å². The van der Waals surface area contributed by atoms with Crippen molar-refractivity contribution in [3.63, 3.8) is 0 Å². The molecule has 0 aliphatic rings. The lowest BCUT2D eigenvalue weighted by molar-refractivity contribution is -0.385. The van der Waals surface area contributed by atoms with E-state index in [1.54, 1.807) is 0 Å². The van der Waals surface area contributed by atoms with Crippen molar-refractivity contribution in [1.82, 2.24) is 0 Å². The molecule has 0 aromatic heterocycles. The van der Waals surface area contributed by atoms with Crippen molar-refractivity contribution < 1.29 is 24.2 Å². The summed E-state index contributed by atoms with van der Waals surface area (Å²) < 4.78 is 5.05. The van der Waals surface area contributed by atoms with Gasteiger partial charge in [-0.25, -0.2) is 0 Å². The summed E-state index contributed by atoms with van der Waals surface area (Å²) in [6, 6.07) is 10.0. The van der Waals surface area contributed by atoms with Gasteiger partial charge in [-0.2, -0.15) is 0 Å². The summed E-state index contributed by atoms with van der Waals surface area (Å²) in [6.45, 7) is -0.729. The number of Topliss-reactive ketones (excluding diaryl/α,β-unsaturated/α-hetero) is 2. The zero-order valence-corrected chi connectivity index (χ0v) is 12.8. The number of carbonyl (C=O) groups is 2. The predicted molar refractivity (Wildman–Crippen MR) is 85.7 cm³/mol. The average Bonchev–Trinajstić information content (AvgIpc) is 2.61. The molecule has 0 saturated heterocycles. The van der Waals surface area contributed by atoms with Crippen LogP contribution in [-0.2, 0) is 4.74 Å². The second-order valence-corrected chi connectivity index (χ2v) is 4.95. The van der Waals surface area contributed by atoms with Crippen molar-refractivity contribution in [2.24, 2.45) is 0 Å². The highest BCUT2D eigenvalue weighted by Crippen LogP contribution is 2.13. The van der Waals surface area contributed by atoms with Crippen LogP contribution in [0.3, 0.4) is 0 Å². The molecule has 0 radical (unpaired) electrons. The van der Waals surface area contributed by atoms with Gasteiger partial charge in [0, 0.05) is 35.4 Å². The Hall–Kier alpha value is -3.46. The Labute approximate surface area is 141 Å². The van der Waals surface area contributed by atoms with Gasteiger partial charge in [0.15, 0.2) is 11.6 Å². The molecule has 9 nitrogen and oxygen atoms in total. The van der Waals surface area contributed by atoms with Gasteiger partial charge in [-0.15, -0.1) is 0 Å². The molecule has 2 aromatic carbocycles. The van der Waals surface area contributed by atoms with Crippen molar-refractivity contribution >= 4 is 22.9 Å². The Morgan fingerprint density at radius 1 is 0.720 bits per heavy atom. The zero-order valence-electron chi connectivity index (χ0n) is 12.8. The minimum atomic E-state index is -0.576.